The molecule has 3 nitrogen and oxygen atoms in total. The van der Waals surface area contributed by atoms with E-state index in [0.717, 1.165) is 0 Å². The number of ether oxygens (including phenoxy) is 2. The second-order valence-electron chi connectivity index (χ2n) is 2.68. The number of hydrogen-bond acceptors (Lipinski definition) is 3. The molecule has 0 aliphatic rings. The van der Waals surface area contributed by atoms with Crippen molar-refractivity contribution in [3.8, 4) is 5.75 Å². The van der Waals surface area contributed by atoms with Crippen LogP contribution in [0.15, 0.2) is 18.2 Å². The van der Waals surface area contributed by atoms with Crippen LogP contribution in [0.3, 0.4) is 0 Å². The van der Waals surface area contributed by atoms with Gasteiger partial charge in [0.05, 0.1) is 7.11 Å². The van der Waals surface area contributed by atoms with Crippen LogP contribution in [0.5, 0.6) is 5.75 Å². The van der Waals surface area contributed by atoms with Gasteiger partial charge in [-0.3, -0.25) is 0 Å². The summed E-state index contributed by atoms with van der Waals surface area (Å²) in [7, 11) is 2.83. The number of carbonyl (C=O) groups excluding carboxylic acids is 1. The fourth-order valence-electron chi connectivity index (χ4n) is 1.18. The lowest BCUT2D eigenvalue weighted by molar-refractivity contribution is -0.116. The summed E-state index contributed by atoms with van der Waals surface area (Å²) in [5, 5.41) is 0. The Morgan fingerprint density at radius 2 is 2.14 bits per heavy atom. The van der Waals surface area contributed by atoms with Gasteiger partial charge in [0.1, 0.15) is 17.7 Å². The Morgan fingerprint density at radius 1 is 1.43 bits per heavy atom. The Morgan fingerprint density at radius 3 is 2.64 bits per heavy atom. The summed E-state index contributed by atoms with van der Waals surface area (Å²) in [5.41, 5.74) is 0.394. The minimum Gasteiger partial charge on any atom is -0.496 e. The van der Waals surface area contributed by atoms with Crippen molar-refractivity contribution in [3.63, 3.8) is 0 Å². The molecule has 0 aromatic heterocycles. The second kappa shape index (κ2) is 4.72. The highest BCUT2D eigenvalue weighted by atomic mass is 19.1. The molecule has 1 aromatic carbocycles. The van der Waals surface area contributed by atoms with Gasteiger partial charge in [0.15, 0.2) is 6.29 Å². The number of rotatable bonds is 4. The number of halogens is 1. The van der Waals surface area contributed by atoms with Gasteiger partial charge in [0.2, 0.25) is 0 Å². The first-order valence-corrected chi connectivity index (χ1v) is 4.04. The number of benzene rings is 1. The van der Waals surface area contributed by atoms with Gasteiger partial charge in [-0.2, -0.15) is 0 Å². The highest BCUT2D eigenvalue weighted by Gasteiger charge is 2.15. The molecule has 1 unspecified atom stereocenters. The van der Waals surface area contributed by atoms with Crippen molar-refractivity contribution >= 4 is 6.29 Å². The summed E-state index contributed by atoms with van der Waals surface area (Å²) >= 11 is 0. The van der Waals surface area contributed by atoms with Crippen LogP contribution in [0.4, 0.5) is 4.39 Å². The molecule has 0 N–H and O–H groups in total. The molecule has 76 valence electrons. The molecule has 0 spiro atoms. The van der Waals surface area contributed by atoms with Gasteiger partial charge >= 0.3 is 0 Å². The van der Waals surface area contributed by atoms with Gasteiger partial charge in [-0.05, 0) is 18.2 Å². The lowest BCUT2D eigenvalue weighted by Crippen LogP contribution is -2.05. The van der Waals surface area contributed by atoms with E-state index >= 15 is 0 Å². The van der Waals surface area contributed by atoms with Crippen LogP contribution in [-0.2, 0) is 9.53 Å². The second-order valence-corrected chi connectivity index (χ2v) is 2.68. The van der Waals surface area contributed by atoms with E-state index in [2.05, 4.69) is 0 Å². The fraction of sp³-hybridized carbons (Fsp3) is 0.300. The van der Waals surface area contributed by atoms with Crippen molar-refractivity contribution in [3.05, 3.63) is 29.6 Å². The molecule has 0 bridgehead atoms. The minimum absolute atomic E-state index is 0.394. The fourth-order valence-corrected chi connectivity index (χ4v) is 1.18. The van der Waals surface area contributed by atoms with E-state index in [9.17, 15) is 9.18 Å². The summed E-state index contributed by atoms with van der Waals surface area (Å²) in [5.74, 6) is 0.00931. The molecule has 0 heterocycles. The van der Waals surface area contributed by atoms with E-state index in [1.807, 2.05) is 0 Å². The van der Waals surface area contributed by atoms with Gasteiger partial charge in [-0.15, -0.1) is 0 Å². The van der Waals surface area contributed by atoms with Crippen molar-refractivity contribution in [1.29, 1.82) is 0 Å². The average Bonchev–Trinajstić information content (AvgIpc) is 2.20. The summed E-state index contributed by atoms with van der Waals surface area (Å²) < 4.78 is 22.7. The van der Waals surface area contributed by atoms with Gasteiger partial charge in [-0.1, -0.05) is 0 Å². The quantitative estimate of drug-likeness (QED) is 0.691. The first-order valence-electron chi connectivity index (χ1n) is 4.04. The van der Waals surface area contributed by atoms with Crippen LogP contribution in [0.25, 0.3) is 0 Å². The molecule has 0 aliphatic carbocycles. The first-order chi connectivity index (χ1) is 6.72. The molecule has 0 saturated carbocycles. The topological polar surface area (TPSA) is 35.5 Å². The molecular formula is C10H11FO3. The SMILES string of the molecule is COc1ccc(F)cc1C(C=O)OC. The number of carbonyl (C=O) groups is 1. The minimum atomic E-state index is -0.791. The third-order valence-corrected chi connectivity index (χ3v) is 1.88. The lowest BCUT2D eigenvalue weighted by Gasteiger charge is -2.12. The predicted molar refractivity (Wildman–Crippen MR) is 48.8 cm³/mol. The van der Waals surface area contributed by atoms with Crippen LogP contribution in [0, 0.1) is 5.82 Å². The largest absolute Gasteiger partial charge is 0.496 e. The molecule has 4 heteroatoms. The predicted octanol–water partition coefficient (Wildman–Crippen LogP) is 1.72. The monoisotopic (exact) mass is 198 g/mol. The average molecular weight is 198 g/mol. The van der Waals surface area contributed by atoms with Crippen LogP contribution >= 0.6 is 0 Å². The van der Waals surface area contributed by atoms with Gasteiger partial charge < -0.3 is 14.3 Å². The van der Waals surface area contributed by atoms with Crippen LogP contribution < -0.4 is 4.74 Å². The lowest BCUT2D eigenvalue weighted by atomic mass is 10.1. The summed E-state index contributed by atoms with van der Waals surface area (Å²) in [6.07, 6.45) is -0.197. The standard InChI is InChI=1S/C10H11FO3/c1-13-9-4-3-7(11)5-8(9)10(6-12)14-2/h3-6,10H,1-2H3. The van der Waals surface area contributed by atoms with Crippen molar-refractivity contribution in [1.82, 2.24) is 0 Å². The zero-order valence-corrected chi connectivity index (χ0v) is 7.99. The Balaban J connectivity index is 3.14. The third kappa shape index (κ3) is 2.09. The van der Waals surface area contributed by atoms with Gasteiger partial charge in [-0.25, -0.2) is 4.39 Å². The molecule has 0 amide bonds. The van der Waals surface area contributed by atoms with Crippen LogP contribution in [0.1, 0.15) is 11.7 Å². The molecule has 0 fully saturated rings. The maximum absolute atomic E-state index is 12.9. The van der Waals surface area contributed by atoms with E-state index in [1.54, 1.807) is 0 Å². The molecule has 14 heavy (non-hydrogen) atoms. The Hall–Kier alpha value is -1.42. The van der Waals surface area contributed by atoms with Crippen LogP contribution in [-0.4, -0.2) is 20.5 Å². The number of hydrogen-bond donors (Lipinski definition) is 0. The maximum atomic E-state index is 12.9. The normalized spacial score (nSPS) is 12.2. The zero-order valence-electron chi connectivity index (χ0n) is 7.99. The van der Waals surface area contributed by atoms with Crippen molar-refractivity contribution in [2.45, 2.75) is 6.10 Å². The first kappa shape index (κ1) is 10.7. The molecule has 1 rings (SSSR count). The summed E-state index contributed by atoms with van der Waals surface area (Å²) in [6, 6.07) is 3.95. The summed E-state index contributed by atoms with van der Waals surface area (Å²) in [4.78, 5) is 10.6. The molecular weight excluding hydrogens is 187 g/mol. The molecule has 0 saturated heterocycles. The Kier molecular flexibility index (Phi) is 3.59. The Bertz CT molecular complexity index is 325. The van der Waals surface area contributed by atoms with Crippen LogP contribution in [0.2, 0.25) is 0 Å². The number of methoxy groups -OCH3 is 2. The molecule has 1 aromatic rings. The van der Waals surface area contributed by atoms with Gasteiger partial charge in [0, 0.05) is 12.7 Å². The smallest absolute Gasteiger partial charge is 0.153 e. The Labute approximate surface area is 81.4 Å². The molecule has 1 atom stereocenters. The van der Waals surface area contributed by atoms with E-state index in [-0.39, 0.29) is 0 Å². The number of aldehydes is 1. The van der Waals surface area contributed by atoms with Crippen molar-refractivity contribution in [2.75, 3.05) is 14.2 Å². The zero-order chi connectivity index (χ0) is 10.6. The van der Waals surface area contributed by atoms with Crippen molar-refractivity contribution < 1.29 is 18.7 Å². The van der Waals surface area contributed by atoms with E-state index in [1.165, 1.54) is 32.4 Å². The van der Waals surface area contributed by atoms with Gasteiger partial charge in [0.25, 0.3) is 0 Å². The highest BCUT2D eigenvalue weighted by Crippen LogP contribution is 2.26. The van der Waals surface area contributed by atoms with E-state index < -0.39 is 11.9 Å². The molecule has 0 radical (unpaired) electrons. The summed E-state index contributed by atoms with van der Waals surface area (Å²) in [6.45, 7) is 0. The maximum Gasteiger partial charge on any atom is 0.153 e. The highest BCUT2D eigenvalue weighted by molar-refractivity contribution is 5.62. The third-order valence-electron chi connectivity index (χ3n) is 1.88. The van der Waals surface area contributed by atoms with E-state index in [0.29, 0.717) is 17.6 Å². The molecule has 0 aliphatic heterocycles. The van der Waals surface area contributed by atoms with Crippen molar-refractivity contribution in [2.24, 2.45) is 0 Å². The van der Waals surface area contributed by atoms with E-state index in [4.69, 9.17) is 9.47 Å².